The first-order valence-corrected chi connectivity index (χ1v) is 31.1. The summed E-state index contributed by atoms with van der Waals surface area (Å²) >= 11 is 4.98. The number of nitrogens with one attached hydrogen (secondary N) is 1. The van der Waals surface area contributed by atoms with Crippen molar-refractivity contribution in [2.75, 3.05) is 0 Å². The van der Waals surface area contributed by atoms with Gasteiger partial charge in [0.15, 0.2) is 0 Å². The number of benzene rings is 10. The Kier molecular flexibility index (Phi) is 15.0. The van der Waals surface area contributed by atoms with Crippen molar-refractivity contribution in [3.05, 3.63) is 239 Å². The van der Waals surface area contributed by atoms with Gasteiger partial charge in [-0.1, -0.05) is 206 Å². The molecule has 0 saturated carbocycles. The first kappa shape index (κ1) is 60.0. The number of hydrogen-bond acceptors (Lipinski definition) is 8. The molecular weight excluding hydrogens is 1230 g/mol. The molecule has 6 nitrogen and oxygen atoms in total. The van der Waals surface area contributed by atoms with E-state index in [1.165, 1.54) is 82.6 Å². The maximum Gasteiger partial charge on any atom is 2.00 e. The van der Waals surface area contributed by atoms with Crippen LogP contribution in [0.5, 0.6) is 17.2 Å². The van der Waals surface area contributed by atoms with E-state index in [0.717, 1.165) is 68.8 Å². The summed E-state index contributed by atoms with van der Waals surface area (Å²) < 4.78 is 3.53. The van der Waals surface area contributed by atoms with E-state index >= 15 is 0 Å². The number of rotatable bonds is 3. The van der Waals surface area contributed by atoms with Gasteiger partial charge in [0, 0.05) is 66.7 Å². The van der Waals surface area contributed by atoms with E-state index in [1.807, 2.05) is 54.6 Å². The average Bonchev–Trinajstić information content (AvgIpc) is 1.60. The summed E-state index contributed by atoms with van der Waals surface area (Å²) in [6.07, 6.45) is 0. The summed E-state index contributed by atoms with van der Waals surface area (Å²) in [7, 11) is 0. The number of nitrogens with zero attached hydrogens (tertiary/aromatic N) is 2. The standard InChI is InChI=1S/C31H25NOS.2C22H17NOS.Be.2Zn/c1-30(2)21-11-7-5-9-17(21)19-14-16-24(33)25(26(19)30)29-32-23-15-13-20-18-10-6-8-12-22(18)31(3,4)27(20)28(23)34-29;1-22(2)16-8-4-3-7-13(16)14-12-19(24)15(11-17(14)22)21-23-18-9-5-6-10-20(18)25-21;1-22(2)16-8-4-3-7-13(16)14-11-15(19(24)12-17(14)22)21-23-18-9-5-6-10-20(18)25-21;;;/h5-16,33H,1-4H3;2*3-12,24H,1-2H3;;;/q;;;+2;;. The molecule has 3 heterocycles. The Balaban J connectivity index is 0.000000127. The third-order valence-corrected chi connectivity index (χ3v) is 21.8. The molecule has 4 aliphatic carbocycles. The van der Waals surface area contributed by atoms with Crippen LogP contribution in [0, 0.1) is 0 Å². The number of hydrogen-bond donors (Lipinski definition) is 2. The summed E-state index contributed by atoms with van der Waals surface area (Å²) in [4.78, 5) is 13.1. The fourth-order valence-electron chi connectivity index (χ4n) is 14.3. The van der Waals surface area contributed by atoms with Crippen molar-refractivity contribution in [2.24, 2.45) is 0 Å². The molecule has 17 rings (SSSR count). The molecule has 0 amide bonds. The SMILES string of the molecule is CC1(C)c2ccccc2-c2cc(-c3nc4ccccc4s3)c(O)cc21.CC1(C)c2ccccc2-c2cc(O)c(-c3nc4ccccc4s3)cc21.CC1(C)c2ccccc2-c2ccc([O-])c(-c3[nH+]c4ccc5c(c4s3)C(C)(C)c3ccccc3-5)c21.[Be+2].[Zn].[Zn]. The van der Waals surface area contributed by atoms with Crippen LogP contribution >= 0.6 is 34.0 Å². The maximum atomic E-state index is 13.4. The third-order valence-electron chi connectivity index (χ3n) is 18.5. The molecule has 87 heavy (non-hydrogen) atoms. The maximum absolute atomic E-state index is 13.4. The Morgan fingerprint density at radius 2 is 0.782 bits per heavy atom. The van der Waals surface area contributed by atoms with Crippen LogP contribution in [0.2, 0.25) is 0 Å². The summed E-state index contributed by atoms with van der Waals surface area (Å²) in [5.74, 6) is 0.686. The van der Waals surface area contributed by atoms with Crippen molar-refractivity contribution in [2.45, 2.75) is 77.0 Å². The Hall–Kier alpha value is -7.31. The molecule has 0 bridgehead atoms. The first-order valence-electron chi connectivity index (χ1n) is 28.6. The topological polar surface area (TPSA) is 103 Å². The monoisotopic (exact) mass is 1280 g/mol. The van der Waals surface area contributed by atoms with Crippen LogP contribution in [-0.4, -0.2) is 30.3 Å². The van der Waals surface area contributed by atoms with Crippen molar-refractivity contribution in [1.29, 1.82) is 0 Å². The number of aromatic hydroxyl groups is 2. The molecule has 4 aliphatic rings. The number of phenols is 2. The molecule has 414 valence electrons. The van der Waals surface area contributed by atoms with Crippen LogP contribution in [-0.2, 0) is 60.6 Å². The molecular formula is C75H59BeN3O3S3Zn2+2. The molecule has 0 unspecified atom stereocenters. The van der Waals surface area contributed by atoms with Crippen LogP contribution in [0.15, 0.2) is 194 Å². The van der Waals surface area contributed by atoms with E-state index in [4.69, 9.17) is 9.97 Å². The molecule has 3 N–H and O–H groups in total. The average molecular weight is 1290 g/mol. The largest absolute Gasteiger partial charge is 2.00 e. The van der Waals surface area contributed by atoms with Crippen molar-refractivity contribution in [3.8, 4) is 93.5 Å². The minimum atomic E-state index is -0.233. The fourth-order valence-corrected chi connectivity index (χ4v) is 17.6. The van der Waals surface area contributed by atoms with Crippen LogP contribution in [0.4, 0.5) is 0 Å². The van der Waals surface area contributed by atoms with Crippen molar-refractivity contribution >= 4 is 74.8 Å². The van der Waals surface area contributed by atoms with Crippen LogP contribution < -0.4 is 10.1 Å². The number of para-hydroxylation sites is 2. The quantitative estimate of drug-likeness (QED) is 0.172. The number of fused-ring (bicyclic) bond motifs is 16. The Morgan fingerprint density at radius 1 is 0.379 bits per heavy atom. The van der Waals surface area contributed by atoms with E-state index in [-0.39, 0.29) is 76.5 Å². The van der Waals surface area contributed by atoms with Crippen molar-refractivity contribution in [3.63, 3.8) is 0 Å². The molecule has 13 aromatic rings. The van der Waals surface area contributed by atoms with Crippen molar-refractivity contribution < 1.29 is 59.3 Å². The van der Waals surface area contributed by atoms with Gasteiger partial charge < -0.3 is 15.3 Å². The smallest absolute Gasteiger partial charge is 0.872 e. The Labute approximate surface area is 548 Å². The molecule has 3 aromatic heterocycles. The second kappa shape index (κ2) is 21.8. The molecule has 0 spiro atoms. The van der Waals surface area contributed by atoms with Gasteiger partial charge in [0.05, 0.1) is 37.1 Å². The number of aromatic nitrogens is 3. The van der Waals surface area contributed by atoms with Crippen LogP contribution in [0.25, 0.3) is 107 Å². The van der Waals surface area contributed by atoms with Gasteiger partial charge in [0.2, 0.25) is 5.52 Å². The minimum absolute atomic E-state index is 0. The Morgan fingerprint density at radius 3 is 1.31 bits per heavy atom. The fraction of sp³-hybridized carbons (Fsp3) is 0.160. The van der Waals surface area contributed by atoms with Crippen molar-refractivity contribution in [1.82, 2.24) is 9.97 Å². The minimum Gasteiger partial charge on any atom is -0.872 e. The number of aromatic amines is 1. The third kappa shape index (κ3) is 9.17. The zero-order valence-corrected chi connectivity index (χ0v) is 58.4. The van der Waals surface area contributed by atoms with Gasteiger partial charge in [-0.15, -0.1) is 22.7 Å². The summed E-state index contributed by atoms with van der Waals surface area (Å²) in [5, 5.41) is 37.6. The van der Waals surface area contributed by atoms with E-state index in [0.29, 0.717) is 11.5 Å². The van der Waals surface area contributed by atoms with Gasteiger partial charge in [-0.3, -0.25) is 0 Å². The van der Waals surface area contributed by atoms with Gasteiger partial charge in [-0.2, -0.15) is 4.98 Å². The second-order valence-corrected chi connectivity index (χ2v) is 27.8. The van der Waals surface area contributed by atoms with E-state index in [1.54, 1.807) is 40.1 Å². The van der Waals surface area contributed by atoms with Gasteiger partial charge in [-0.05, 0) is 144 Å². The second-order valence-electron chi connectivity index (χ2n) is 24.8. The van der Waals surface area contributed by atoms with E-state index in [2.05, 4.69) is 194 Å². The molecule has 0 fully saturated rings. The molecule has 0 saturated heterocycles. The summed E-state index contributed by atoms with van der Waals surface area (Å²) in [5.41, 5.74) is 25.1. The first-order chi connectivity index (χ1) is 40.4. The summed E-state index contributed by atoms with van der Waals surface area (Å²) in [6.45, 7) is 18.0. The molecule has 10 aromatic carbocycles. The van der Waals surface area contributed by atoms with E-state index < -0.39 is 0 Å². The zero-order chi connectivity index (χ0) is 57.8. The van der Waals surface area contributed by atoms with Gasteiger partial charge in [0.1, 0.15) is 26.2 Å². The molecule has 12 heteroatoms. The van der Waals surface area contributed by atoms with Gasteiger partial charge in [0.25, 0.3) is 5.01 Å². The van der Waals surface area contributed by atoms with Crippen LogP contribution in [0.3, 0.4) is 0 Å². The van der Waals surface area contributed by atoms with Gasteiger partial charge in [-0.25, -0.2) is 9.97 Å². The van der Waals surface area contributed by atoms with Crippen LogP contribution in [0.1, 0.15) is 99.9 Å². The number of H-pyrrole nitrogens is 1. The molecule has 0 aliphatic heterocycles. The molecule has 0 radical (unpaired) electrons. The predicted molar refractivity (Wildman–Crippen MR) is 353 cm³/mol. The normalized spacial score (nSPS) is 14.7. The predicted octanol–water partition coefficient (Wildman–Crippen LogP) is 18.6. The zero-order valence-electron chi connectivity index (χ0n) is 50.0. The van der Waals surface area contributed by atoms with E-state index in [9.17, 15) is 15.3 Å². The Bertz CT molecular complexity index is 4870. The van der Waals surface area contributed by atoms with Gasteiger partial charge >= 0.3 is 10.1 Å². The summed E-state index contributed by atoms with van der Waals surface area (Å²) in [6, 6.07) is 66.7. The molecule has 0 atom stereocenters. The number of phenolic OH excluding ortho intramolecular Hbond substituents is 2. The number of thiazole rings is 3.